The zero-order valence-corrected chi connectivity index (χ0v) is 16.1. The highest BCUT2D eigenvalue weighted by atomic mass is 32.1. The first kappa shape index (κ1) is 18.3. The summed E-state index contributed by atoms with van der Waals surface area (Å²) in [5.74, 6) is 1.03. The van der Waals surface area contributed by atoms with Crippen LogP contribution in [0.5, 0.6) is 0 Å². The highest BCUT2D eigenvalue weighted by Crippen LogP contribution is 2.24. The van der Waals surface area contributed by atoms with Crippen LogP contribution in [-0.4, -0.2) is 16.8 Å². The fraction of sp³-hybridized carbons (Fsp3) is 0.278. The Morgan fingerprint density at radius 2 is 2.12 bits per heavy atom. The molecule has 0 saturated carbocycles. The lowest BCUT2D eigenvalue weighted by molar-refractivity contribution is -0.123. The first-order valence-electron chi connectivity index (χ1n) is 8.09. The second kappa shape index (κ2) is 8.29. The monoisotopic (exact) mass is 389 g/mol. The number of aromatic nitrogens is 1. The zero-order chi connectivity index (χ0) is 18.5. The smallest absolute Gasteiger partial charge is 0.222 e. The van der Waals surface area contributed by atoms with Crippen molar-refractivity contribution in [2.75, 3.05) is 0 Å². The van der Waals surface area contributed by atoms with E-state index in [1.807, 2.05) is 41.9 Å². The molecule has 2 N–H and O–H groups in total. The summed E-state index contributed by atoms with van der Waals surface area (Å²) in [4.78, 5) is 29.0. The van der Waals surface area contributed by atoms with Gasteiger partial charge < -0.3 is 15.1 Å². The Morgan fingerprint density at radius 1 is 1.27 bits per heavy atom. The van der Waals surface area contributed by atoms with Gasteiger partial charge in [-0.3, -0.25) is 9.59 Å². The largest absolute Gasteiger partial charge is 0.458 e. The van der Waals surface area contributed by atoms with Crippen LogP contribution in [-0.2, 0) is 16.1 Å². The third-order valence-corrected chi connectivity index (χ3v) is 5.41. The van der Waals surface area contributed by atoms with Gasteiger partial charge in [0.05, 0.1) is 24.0 Å². The van der Waals surface area contributed by atoms with Crippen molar-refractivity contribution < 1.29 is 14.0 Å². The summed E-state index contributed by atoms with van der Waals surface area (Å²) in [5.41, 5.74) is 0.800. The van der Waals surface area contributed by atoms with Crippen LogP contribution in [0.4, 0.5) is 0 Å². The number of furan rings is 1. The van der Waals surface area contributed by atoms with Gasteiger partial charge in [0.25, 0.3) is 0 Å². The molecule has 136 valence electrons. The maximum Gasteiger partial charge on any atom is 0.222 e. The normalized spacial score (nSPS) is 11.9. The van der Waals surface area contributed by atoms with Crippen molar-refractivity contribution in [2.24, 2.45) is 0 Å². The minimum Gasteiger partial charge on any atom is -0.458 e. The summed E-state index contributed by atoms with van der Waals surface area (Å²) in [5, 5.41) is 10.5. The van der Waals surface area contributed by atoms with Crippen molar-refractivity contribution >= 4 is 34.5 Å². The number of amides is 2. The Kier molecular flexibility index (Phi) is 5.85. The summed E-state index contributed by atoms with van der Waals surface area (Å²) in [6.45, 7) is 3.68. The number of hydrogen-bond acceptors (Lipinski definition) is 6. The van der Waals surface area contributed by atoms with Crippen molar-refractivity contribution in [3.63, 3.8) is 0 Å². The maximum atomic E-state index is 12.3. The Hall–Kier alpha value is -2.45. The van der Waals surface area contributed by atoms with Gasteiger partial charge in [0.1, 0.15) is 11.5 Å². The minimum atomic E-state index is -0.322. The van der Waals surface area contributed by atoms with Gasteiger partial charge in [0, 0.05) is 17.2 Å². The topological polar surface area (TPSA) is 84.2 Å². The molecule has 3 aromatic heterocycles. The molecule has 0 radical (unpaired) electrons. The van der Waals surface area contributed by atoms with Crippen molar-refractivity contribution in [1.82, 2.24) is 15.6 Å². The van der Waals surface area contributed by atoms with E-state index in [0.717, 1.165) is 15.6 Å². The molecule has 1 atom stereocenters. The molecular weight excluding hydrogens is 370 g/mol. The molecule has 6 nitrogen and oxygen atoms in total. The second-order valence-corrected chi connectivity index (χ2v) is 7.81. The number of aryl methyl sites for hydroxylation is 1. The third kappa shape index (κ3) is 4.80. The van der Waals surface area contributed by atoms with Gasteiger partial charge in [-0.15, -0.1) is 22.7 Å². The fourth-order valence-electron chi connectivity index (χ4n) is 2.49. The van der Waals surface area contributed by atoms with Crippen molar-refractivity contribution in [1.29, 1.82) is 0 Å². The fourth-order valence-corrected chi connectivity index (χ4v) is 3.87. The quantitative estimate of drug-likeness (QED) is 0.646. The first-order chi connectivity index (χ1) is 12.5. The number of carbonyl (C=O) groups is 2. The predicted octanol–water partition coefficient (Wildman–Crippen LogP) is 3.66. The molecule has 0 saturated heterocycles. The molecule has 0 unspecified atom stereocenters. The second-order valence-electron chi connectivity index (χ2n) is 5.77. The average molecular weight is 390 g/mol. The van der Waals surface area contributed by atoms with Crippen LogP contribution in [0.2, 0.25) is 0 Å². The molecule has 0 aliphatic heterocycles. The molecule has 2 amide bonds. The van der Waals surface area contributed by atoms with E-state index in [1.165, 1.54) is 18.3 Å². The van der Waals surface area contributed by atoms with Crippen LogP contribution in [0, 0.1) is 6.92 Å². The van der Waals surface area contributed by atoms with Crippen molar-refractivity contribution in [3.05, 3.63) is 50.7 Å². The van der Waals surface area contributed by atoms with Crippen LogP contribution in [0.15, 0.2) is 39.4 Å². The van der Waals surface area contributed by atoms with E-state index >= 15 is 0 Å². The van der Waals surface area contributed by atoms with Gasteiger partial charge in [-0.25, -0.2) is 4.98 Å². The number of nitrogens with one attached hydrogen (secondary N) is 2. The SMILES string of the molecule is CC(=O)N[C@@H](CC(=O)NCc1ccc(-c2csc(C)n2)o1)c1cccs1. The van der Waals surface area contributed by atoms with Gasteiger partial charge in [-0.2, -0.15) is 0 Å². The van der Waals surface area contributed by atoms with Crippen molar-refractivity contribution in [3.8, 4) is 11.5 Å². The van der Waals surface area contributed by atoms with Gasteiger partial charge in [0.15, 0.2) is 5.76 Å². The Bertz CT molecular complexity index is 883. The van der Waals surface area contributed by atoms with Gasteiger partial charge in [-0.05, 0) is 30.5 Å². The number of thiophene rings is 1. The molecule has 0 fully saturated rings. The van der Waals surface area contributed by atoms with E-state index in [4.69, 9.17) is 4.42 Å². The highest BCUT2D eigenvalue weighted by Gasteiger charge is 2.18. The van der Waals surface area contributed by atoms with Gasteiger partial charge >= 0.3 is 0 Å². The molecule has 3 rings (SSSR count). The number of carbonyl (C=O) groups excluding carboxylic acids is 2. The van der Waals surface area contributed by atoms with Crippen LogP contribution in [0.25, 0.3) is 11.5 Å². The lowest BCUT2D eigenvalue weighted by atomic mass is 10.1. The molecule has 26 heavy (non-hydrogen) atoms. The molecule has 8 heteroatoms. The predicted molar refractivity (Wildman–Crippen MR) is 102 cm³/mol. The molecule has 3 aromatic rings. The third-order valence-electron chi connectivity index (χ3n) is 3.65. The minimum absolute atomic E-state index is 0.153. The standard InChI is InChI=1S/C18H19N3O3S2/c1-11(22)20-14(17-4-3-7-25-17)8-18(23)19-9-13-5-6-16(24-13)15-10-26-12(2)21-15/h3-7,10,14H,8-9H2,1-2H3,(H,19,23)(H,20,22)/t14-/m0/s1. The van der Waals surface area contributed by atoms with Crippen LogP contribution < -0.4 is 10.6 Å². The van der Waals surface area contributed by atoms with Crippen LogP contribution in [0.1, 0.15) is 35.0 Å². The Balaban J connectivity index is 1.56. The van der Waals surface area contributed by atoms with E-state index in [2.05, 4.69) is 15.6 Å². The summed E-state index contributed by atoms with van der Waals surface area (Å²) >= 11 is 3.08. The molecular formula is C18H19N3O3S2. The molecule has 0 aliphatic carbocycles. The Labute approximate surface area is 159 Å². The summed E-state index contributed by atoms with van der Waals surface area (Å²) in [6, 6.07) is 7.17. The maximum absolute atomic E-state index is 12.3. The summed E-state index contributed by atoms with van der Waals surface area (Å²) < 4.78 is 5.74. The van der Waals surface area contributed by atoms with E-state index in [0.29, 0.717) is 18.1 Å². The van der Waals surface area contributed by atoms with Crippen molar-refractivity contribution in [2.45, 2.75) is 32.9 Å². The van der Waals surface area contributed by atoms with E-state index < -0.39 is 0 Å². The van der Waals surface area contributed by atoms with E-state index in [-0.39, 0.29) is 24.3 Å². The average Bonchev–Trinajstić information content (AvgIpc) is 3.33. The Morgan fingerprint density at radius 3 is 2.77 bits per heavy atom. The number of nitrogens with zero attached hydrogens (tertiary/aromatic N) is 1. The highest BCUT2D eigenvalue weighted by molar-refractivity contribution is 7.10. The first-order valence-corrected chi connectivity index (χ1v) is 9.85. The summed E-state index contributed by atoms with van der Waals surface area (Å²) in [7, 11) is 0. The molecule has 3 heterocycles. The van der Waals surface area contributed by atoms with E-state index in [9.17, 15) is 9.59 Å². The van der Waals surface area contributed by atoms with Crippen LogP contribution >= 0.6 is 22.7 Å². The lowest BCUT2D eigenvalue weighted by Crippen LogP contribution is -2.32. The van der Waals surface area contributed by atoms with Gasteiger partial charge in [-0.1, -0.05) is 6.07 Å². The molecule has 0 aromatic carbocycles. The van der Waals surface area contributed by atoms with Gasteiger partial charge in [0.2, 0.25) is 11.8 Å². The zero-order valence-electron chi connectivity index (χ0n) is 14.4. The molecule has 0 bridgehead atoms. The van der Waals surface area contributed by atoms with E-state index in [1.54, 1.807) is 11.3 Å². The lowest BCUT2D eigenvalue weighted by Gasteiger charge is -2.16. The summed E-state index contributed by atoms with van der Waals surface area (Å²) in [6.07, 6.45) is 0.180. The molecule has 0 aliphatic rings. The molecule has 0 spiro atoms. The number of thiazole rings is 1. The number of hydrogen-bond donors (Lipinski definition) is 2. The van der Waals surface area contributed by atoms with Crippen LogP contribution in [0.3, 0.4) is 0 Å². The number of rotatable bonds is 7.